The summed E-state index contributed by atoms with van der Waals surface area (Å²) < 4.78 is 5.49. The Balaban J connectivity index is 1.82. The number of rotatable bonds is 6. The number of ether oxygens (including phenoxy) is 1. The predicted molar refractivity (Wildman–Crippen MR) is 80.6 cm³/mol. The Labute approximate surface area is 124 Å². The normalized spacial score (nSPS) is 10.2. The second-order valence-electron chi connectivity index (χ2n) is 4.65. The molecule has 5 heteroatoms. The Morgan fingerprint density at radius 1 is 1.24 bits per heavy atom. The summed E-state index contributed by atoms with van der Waals surface area (Å²) in [7, 11) is 0. The van der Waals surface area contributed by atoms with E-state index in [0.29, 0.717) is 18.8 Å². The van der Waals surface area contributed by atoms with Crippen molar-refractivity contribution in [3.63, 3.8) is 0 Å². The molecule has 110 valence electrons. The van der Waals surface area contributed by atoms with Crippen molar-refractivity contribution < 1.29 is 9.53 Å². The van der Waals surface area contributed by atoms with Crippen molar-refractivity contribution in [1.29, 1.82) is 0 Å². The Morgan fingerprint density at radius 3 is 2.81 bits per heavy atom. The number of carbonyl (C=O) groups is 1. The molecule has 0 spiro atoms. The summed E-state index contributed by atoms with van der Waals surface area (Å²) in [5.74, 6) is 0.453. The topological polar surface area (TPSA) is 77.2 Å². The van der Waals surface area contributed by atoms with E-state index < -0.39 is 0 Å². The van der Waals surface area contributed by atoms with Gasteiger partial charge in [0.2, 0.25) is 0 Å². The third-order valence-corrected chi connectivity index (χ3v) is 2.96. The molecule has 0 aliphatic rings. The summed E-state index contributed by atoms with van der Waals surface area (Å²) in [5, 5.41) is 2.78. The van der Waals surface area contributed by atoms with Gasteiger partial charge >= 0.3 is 0 Å². The third kappa shape index (κ3) is 4.57. The van der Waals surface area contributed by atoms with E-state index in [1.54, 1.807) is 6.07 Å². The van der Waals surface area contributed by atoms with Crippen molar-refractivity contribution in [2.24, 2.45) is 5.73 Å². The fourth-order valence-corrected chi connectivity index (χ4v) is 1.89. The highest BCUT2D eigenvalue weighted by Crippen LogP contribution is 2.16. The number of aromatic nitrogens is 1. The number of para-hydroxylation sites is 1. The van der Waals surface area contributed by atoms with E-state index in [1.165, 1.54) is 0 Å². The number of amides is 1. The van der Waals surface area contributed by atoms with Gasteiger partial charge in [0.25, 0.3) is 5.91 Å². The first-order valence-corrected chi connectivity index (χ1v) is 6.79. The first-order chi connectivity index (χ1) is 10.2. The molecule has 1 amide bonds. The van der Waals surface area contributed by atoms with E-state index in [0.717, 1.165) is 17.0 Å². The zero-order chi connectivity index (χ0) is 15.1. The van der Waals surface area contributed by atoms with Crippen LogP contribution in [0.1, 0.15) is 17.0 Å². The molecule has 2 aromatic rings. The molecule has 0 aliphatic heterocycles. The number of hydrogen-bond donors (Lipinski definition) is 2. The van der Waals surface area contributed by atoms with Crippen LogP contribution in [-0.4, -0.2) is 17.5 Å². The minimum Gasteiger partial charge on any atom is -0.483 e. The van der Waals surface area contributed by atoms with Gasteiger partial charge in [0.05, 0.1) is 12.2 Å². The van der Waals surface area contributed by atoms with E-state index in [1.807, 2.05) is 43.3 Å². The molecule has 3 N–H and O–H groups in total. The predicted octanol–water partition coefficient (Wildman–Crippen LogP) is 1.54. The number of aryl methyl sites for hydroxylation is 1. The van der Waals surface area contributed by atoms with Crippen molar-refractivity contribution in [2.75, 3.05) is 6.61 Å². The summed E-state index contributed by atoms with van der Waals surface area (Å²) in [4.78, 5) is 16.1. The van der Waals surface area contributed by atoms with Crippen LogP contribution in [0.3, 0.4) is 0 Å². The summed E-state index contributed by atoms with van der Waals surface area (Å²) in [6.07, 6.45) is 0. The Bertz CT molecular complexity index is 614. The number of nitrogens with one attached hydrogen (secondary N) is 1. The van der Waals surface area contributed by atoms with Crippen LogP contribution in [0, 0.1) is 6.92 Å². The number of nitrogens with two attached hydrogens (primary N) is 1. The number of carbonyl (C=O) groups excluding carboxylic acids is 1. The molecule has 21 heavy (non-hydrogen) atoms. The quantitative estimate of drug-likeness (QED) is 0.844. The molecule has 0 bridgehead atoms. The number of hydrogen-bond acceptors (Lipinski definition) is 4. The van der Waals surface area contributed by atoms with Crippen LogP contribution in [0.15, 0.2) is 42.5 Å². The van der Waals surface area contributed by atoms with Crippen molar-refractivity contribution in [1.82, 2.24) is 10.3 Å². The molecule has 0 unspecified atom stereocenters. The van der Waals surface area contributed by atoms with Gasteiger partial charge in [0.15, 0.2) is 6.61 Å². The van der Waals surface area contributed by atoms with E-state index in [-0.39, 0.29) is 12.5 Å². The highest BCUT2D eigenvalue weighted by atomic mass is 16.5. The van der Waals surface area contributed by atoms with E-state index in [9.17, 15) is 4.79 Å². The summed E-state index contributed by atoms with van der Waals surface area (Å²) in [5.41, 5.74) is 8.25. The fraction of sp³-hybridized carbons (Fsp3) is 0.250. The number of pyridine rings is 1. The SMILES string of the molecule is Cc1cccc(CNC(=O)COc2ccccc2CN)n1. The molecule has 1 heterocycles. The van der Waals surface area contributed by atoms with Crippen molar-refractivity contribution in [3.05, 3.63) is 59.4 Å². The number of benzene rings is 1. The van der Waals surface area contributed by atoms with Crippen molar-refractivity contribution >= 4 is 5.91 Å². The summed E-state index contributed by atoms with van der Waals surface area (Å²) >= 11 is 0. The lowest BCUT2D eigenvalue weighted by atomic mass is 10.2. The van der Waals surface area contributed by atoms with Crippen molar-refractivity contribution in [2.45, 2.75) is 20.0 Å². The van der Waals surface area contributed by atoms with Crippen LogP contribution in [0.2, 0.25) is 0 Å². The lowest BCUT2D eigenvalue weighted by Gasteiger charge is -2.10. The average Bonchev–Trinajstić information content (AvgIpc) is 2.51. The third-order valence-electron chi connectivity index (χ3n) is 2.96. The van der Waals surface area contributed by atoms with Gasteiger partial charge in [0, 0.05) is 17.8 Å². The van der Waals surface area contributed by atoms with Gasteiger partial charge < -0.3 is 15.8 Å². The molecule has 1 aromatic carbocycles. The van der Waals surface area contributed by atoms with Crippen LogP contribution >= 0.6 is 0 Å². The highest BCUT2D eigenvalue weighted by Gasteiger charge is 2.06. The van der Waals surface area contributed by atoms with E-state index in [2.05, 4.69) is 10.3 Å². The molecule has 0 saturated carbocycles. The highest BCUT2D eigenvalue weighted by molar-refractivity contribution is 5.77. The first-order valence-electron chi connectivity index (χ1n) is 6.79. The maximum atomic E-state index is 11.8. The Morgan fingerprint density at radius 2 is 2.05 bits per heavy atom. The molecular weight excluding hydrogens is 266 g/mol. The standard InChI is InChI=1S/C16H19N3O2/c1-12-5-4-7-14(19-12)10-18-16(20)11-21-15-8-3-2-6-13(15)9-17/h2-8H,9-11,17H2,1H3,(H,18,20). The van der Waals surface area contributed by atoms with Gasteiger partial charge in [-0.1, -0.05) is 24.3 Å². The summed E-state index contributed by atoms with van der Waals surface area (Å²) in [6.45, 7) is 2.65. The molecule has 5 nitrogen and oxygen atoms in total. The molecule has 1 aromatic heterocycles. The zero-order valence-corrected chi connectivity index (χ0v) is 12.0. The minimum atomic E-state index is -0.190. The maximum absolute atomic E-state index is 11.8. The molecule has 0 saturated heterocycles. The van der Waals surface area contributed by atoms with Crippen LogP contribution in [0.5, 0.6) is 5.75 Å². The van der Waals surface area contributed by atoms with E-state index in [4.69, 9.17) is 10.5 Å². The molecule has 0 aliphatic carbocycles. The van der Waals surface area contributed by atoms with Crippen molar-refractivity contribution in [3.8, 4) is 5.75 Å². The van der Waals surface area contributed by atoms with Crippen LogP contribution < -0.4 is 15.8 Å². The van der Waals surface area contributed by atoms with Crippen LogP contribution in [-0.2, 0) is 17.9 Å². The molecule has 0 radical (unpaired) electrons. The lowest BCUT2D eigenvalue weighted by Crippen LogP contribution is -2.29. The van der Waals surface area contributed by atoms with Gasteiger partial charge in [-0.05, 0) is 25.1 Å². The van der Waals surface area contributed by atoms with Gasteiger partial charge in [-0.2, -0.15) is 0 Å². The minimum absolute atomic E-state index is 0.0389. The molecule has 0 atom stereocenters. The van der Waals surface area contributed by atoms with Gasteiger partial charge in [-0.3, -0.25) is 9.78 Å². The largest absolute Gasteiger partial charge is 0.483 e. The van der Waals surface area contributed by atoms with Gasteiger partial charge in [0.1, 0.15) is 5.75 Å². The maximum Gasteiger partial charge on any atom is 0.258 e. The first kappa shape index (κ1) is 15.0. The van der Waals surface area contributed by atoms with Gasteiger partial charge in [-0.25, -0.2) is 0 Å². The zero-order valence-electron chi connectivity index (χ0n) is 12.0. The average molecular weight is 285 g/mol. The smallest absolute Gasteiger partial charge is 0.258 e. The summed E-state index contributed by atoms with van der Waals surface area (Å²) in [6, 6.07) is 13.1. The second-order valence-corrected chi connectivity index (χ2v) is 4.65. The molecule has 2 rings (SSSR count). The number of nitrogens with zero attached hydrogens (tertiary/aromatic N) is 1. The Kier molecular flexibility index (Phi) is 5.29. The van der Waals surface area contributed by atoms with E-state index >= 15 is 0 Å². The molecular formula is C16H19N3O2. The lowest BCUT2D eigenvalue weighted by molar-refractivity contribution is -0.123. The van der Waals surface area contributed by atoms with Crippen LogP contribution in [0.4, 0.5) is 0 Å². The fourth-order valence-electron chi connectivity index (χ4n) is 1.89. The van der Waals surface area contributed by atoms with Crippen LogP contribution in [0.25, 0.3) is 0 Å². The monoisotopic (exact) mass is 285 g/mol. The second kappa shape index (κ2) is 7.40. The van der Waals surface area contributed by atoms with Gasteiger partial charge in [-0.15, -0.1) is 0 Å². The Hall–Kier alpha value is -2.40. The molecule has 0 fully saturated rings.